The number of carbonyl (C=O) groups is 1. The highest BCUT2D eigenvalue weighted by atomic mass is 16.1. The van der Waals surface area contributed by atoms with Gasteiger partial charge in [-0.1, -0.05) is 33.6 Å². The van der Waals surface area contributed by atoms with E-state index in [1.165, 1.54) is 0 Å². The first-order valence-electron chi connectivity index (χ1n) is 4.28. The van der Waals surface area contributed by atoms with Crippen molar-refractivity contribution >= 4 is 5.91 Å². The third-order valence-corrected chi connectivity index (χ3v) is 2.57. The molecule has 0 aliphatic carbocycles. The zero-order valence-corrected chi connectivity index (χ0v) is 8.03. The molecule has 0 aromatic carbocycles. The molecule has 0 heterocycles. The molecule has 0 aromatic rings. The minimum atomic E-state index is 0.149. The summed E-state index contributed by atoms with van der Waals surface area (Å²) in [6.07, 6.45) is 2.78. The lowest BCUT2D eigenvalue weighted by molar-refractivity contribution is -0.122. The molecule has 2 nitrogen and oxygen atoms in total. The van der Waals surface area contributed by atoms with Gasteiger partial charge in [-0.05, 0) is 5.41 Å². The van der Waals surface area contributed by atoms with E-state index in [0.29, 0.717) is 6.42 Å². The molecule has 0 bridgehead atoms. The minimum Gasteiger partial charge on any atom is -0.359 e. The number of hydrogen-bond donors (Lipinski definition) is 1. The summed E-state index contributed by atoms with van der Waals surface area (Å²) in [5.41, 5.74) is 0.195. The van der Waals surface area contributed by atoms with Gasteiger partial charge >= 0.3 is 0 Å². The van der Waals surface area contributed by atoms with E-state index >= 15 is 0 Å². The van der Waals surface area contributed by atoms with Crippen molar-refractivity contribution in [3.63, 3.8) is 0 Å². The molecule has 0 unspecified atom stereocenters. The van der Waals surface area contributed by atoms with E-state index in [0.717, 1.165) is 12.8 Å². The Hall–Kier alpha value is -0.530. The summed E-state index contributed by atoms with van der Waals surface area (Å²) in [6, 6.07) is 0. The van der Waals surface area contributed by atoms with Crippen molar-refractivity contribution in [2.24, 2.45) is 5.41 Å². The third-order valence-electron chi connectivity index (χ3n) is 2.57. The van der Waals surface area contributed by atoms with E-state index in [2.05, 4.69) is 26.1 Å². The Morgan fingerprint density at radius 3 is 2.09 bits per heavy atom. The molecule has 0 aliphatic rings. The molecule has 0 aliphatic heterocycles. The van der Waals surface area contributed by atoms with Crippen LogP contribution in [0, 0.1) is 5.41 Å². The number of hydrogen-bond acceptors (Lipinski definition) is 1. The van der Waals surface area contributed by atoms with Crippen molar-refractivity contribution in [3.05, 3.63) is 0 Å². The molecule has 0 fully saturated rings. The Morgan fingerprint density at radius 1 is 1.36 bits per heavy atom. The molecule has 1 amide bonds. The predicted molar refractivity (Wildman–Crippen MR) is 47.4 cm³/mol. The van der Waals surface area contributed by atoms with Crippen LogP contribution in [0.2, 0.25) is 0 Å². The third kappa shape index (κ3) is 3.40. The van der Waals surface area contributed by atoms with Gasteiger partial charge in [0.15, 0.2) is 0 Å². The van der Waals surface area contributed by atoms with Gasteiger partial charge in [0.2, 0.25) is 5.91 Å². The fourth-order valence-corrected chi connectivity index (χ4v) is 0.976. The molecule has 0 radical (unpaired) electrons. The van der Waals surface area contributed by atoms with Crippen LogP contribution in [0.4, 0.5) is 0 Å². The molecular weight excluding hydrogens is 138 g/mol. The monoisotopic (exact) mass is 157 g/mol. The van der Waals surface area contributed by atoms with Crippen molar-refractivity contribution in [2.45, 2.75) is 40.0 Å². The number of rotatable bonds is 4. The zero-order valence-electron chi connectivity index (χ0n) is 8.03. The van der Waals surface area contributed by atoms with Crippen molar-refractivity contribution in [2.75, 3.05) is 7.05 Å². The van der Waals surface area contributed by atoms with Gasteiger partial charge in [-0.25, -0.2) is 0 Å². The molecule has 0 saturated carbocycles. The van der Waals surface area contributed by atoms with Crippen molar-refractivity contribution < 1.29 is 4.79 Å². The van der Waals surface area contributed by atoms with Crippen LogP contribution < -0.4 is 5.32 Å². The summed E-state index contributed by atoms with van der Waals surface area (Å²) < 4.78 is 0. The Kier molecular flexibility index (Phi) is 4.16. The average molecular weight is 157 g/mol. The van der Waals surface area contributed by atoms with Crippen molar-refractivity contribution in [3.8, 4) is 0 Å². The van der Waals surface area contributed by atoms with E-state index < -0.39 is 0 Å². The molecule has 1 N–H and O–H groups in total. The smallest absolute Gasteiger partial charge is 0.220 e. The largest absolute Gasteiger partial charge is 0.359 e. The molecule has 0 aromatic heterocycles. The van der Waals surface area contributed by atoms with Crippen LogP contribution in [0.1, 0.15) is 40.0 Å². The van der Waals surface area contributed by atoms with Crippen molar-refractivity contribution in [1.82, 2.24) is 5.32 Å². The summed E-state index contributed by atoms with van der Waals surface area (Å²) in [6.45, 7) is 6.42. The van der Waals surface area contributed by atoms with Crippen molar-refractivity contribution in [1.29, 1.82) is 0 Å². The summed E-state index contributed by atoms with van der Waals surface area (Å²) in [5, 5.41) is 2.65. The van der Waals surface area contributed by atoms with E-state index in [1.807, 2.05) is 0 Å². The highest BCUT2D eigenvalue weighted by Gasteiger charge is 2.22. The number of amides is 1. The summed E-state index contributed by atoms with van der Waals surface area (Å²) in [4.78, 5) is 11.0. The fraction of sp³-hybridized carbons (Fsp3) is 0.889. The van der Waals surface area contributed by atoms with Crippen LogP contribution in [-0.2, 0) is 4.79 Å². The van der Waals surface area contributed by atoms with Crippen LogP contribution >= 0.6 is 0 Å². The maximum Gasteiger partial charge on any atom is 0.220 e. The first-order valence-corrected chi connectivity index (χ1v) is 4.28. The van der Waals surface area contributed by atoms with Crippen LogP contribution in [-0.4, -0.2) is 13.0 Å². The maximum atomic E-state index is 11.0. The van der Waals surface area contributed by atoms with E-state index in [4.69, 9.17) is 0 Å². The van der Waals surface area contributed by atoms with Crippen LogP contribution in [0.5, 0.6) is 0 Å². The molecular formula is C9H19NO. The molecule has 2 heteroatoms. The topological polar surface area (TPSA) is 29.1 Å². The Bertz CT molecular complexity index is 128. The van der Waals surface area contributed by atoms with Gasteiger partial charge in [-0.15, -0.1) is 0 Å². The average Bonchev–Trinajstić information content (AvgIpc) is 2.04. The predicted octanol–water partition coefficient (Wildman–Crippen LogP) is 1.95. The second kappa shape index (κ2) is 4.37. The second-order valence-corrected chi connectivity index (χ2v) is 3.37. The molecule has 0 atom stereocenters. The lowest BCUT2D eigenvalue weighted by Crippen LogP contribution is -2.26. The molecule has 66 valence electrons. The SMILES string of the molecule is CCC(C)(CC)CC(=O)NC. The van der Waals surface area contributed by atoms with E-state index in [-0.39, 0.29) is 11.3 Å². The Balaban J connectivity index is 3.96. The van der Waals surface area contributed by atoms with Gasteiger partial charge in [0.1, 0.15) is 0 Å². The summed E-state index contributed by atoms with van der Waals surface area (Å²) in [5.74, 6) is 0.149. The summed E-state index contributed by atoms with van der Waals surface area (Å²) in [7, 11) is 1.69. The first kappa shape index (κ1) is 10.5. The highest BCUT2D eigenvalue weighted by molar-refractivity contribution is 5.76. The lowest BCUT2D eigenvalue weighted by atomic mass is 9.81. The van der Waals surface area contributed by atoms with Gasteiger partial charge in [0.25, 0.3) is 0 Å². The standard InChI is InChI=1S/C9H19NO/c1-5-9(3,6-2)7-8(11)10-4/h5-7H2,1-4H3,(H,10,11). The molecule has 0 spiro atoms. The number of carbonyl (C=O) groups excluding carboxylic acids is 1. The zero-order chi connectivity index (χ0) is 8.91. The molecule has 0 saturated heterocycles. The van der Waals surface area contributed by atoms with Gasteiger partial charge in [0, 0.05) is 13.5 Å². The first-order chi connectivity index (χ1) is 5.08. The molecule has 11 heavy (non-hydrogen) atoms. The Morgan fingerprint density at radius 2 is 1.82 bits per heavy atom. The van der Waals surface area contributed by atoms with Crippen LogP contribution in [0.25, 0.3) is 0 Å². The van der Waals surface area contributed by atoms with Gasteiger partial charge in [0.05, 0.1) is 0 Å². The quantitative estimate of drug-likeness (QED) is 0.664. The number of nitrogens with one attached hydrogen (secondary N) is 1. The van der Waals surface area contributed by atoms with Gasteiger partial charge < -0.3 is 5.32 Å². The summed E-state index contributed by atoms with van der Waals surface area (Å²) >= 11 is 0. The molecule has 0 rings (SSSR count). The lowest BCUT2D eigenvalue weighted by Gasteiger charge is -2.25. The highest BCUT2D eigenvalue weighted by Crippen LogP contribution is 2.29. The Labute approximate surface area is 69.4 Å². The minimum absolute atomic E-state index is 0.149. The maximum absolute atomic E-state index is 11.0. The normalized spacial score (nSPS) is 11.3. The van der Waals surface area contributed by atoms with E-state index in [1.54, 1.807) is 7.05 Å². The van der Waals surface area contributed by atoms with Crippen LogP contribution in [0.15, 0.2) is 0 Å². The van der Waals surface area contributed by atoms with Gasteiger partial charge in [-0.2, -0.15) is 0 Å². The van der Waals surface area contributed by atoms with E-state index in [9.17, 15) is 4.79 Å². The fourth-order valence-electron chi connectivity index (χ4n) is 0.976. The second-order valence-electron chi connectivity index (χ2n) is 3.37. The van der Waals surface area contributed by atoms with Crippen LogP contribution in [0.3, 0.4) is 0 Å². The van der Waals surface area contributed by atoms with Gasteiger partial charge in [-0.3, -0.25) is 4.79 Å².